The molecule has 11 heavy (non-hydrogen) atoms. The first kappa shape index (κ1) is 6.84. The van der Waals surface area contributed by atoms with Crippen molar-refractivity contribution in [3.8, 4) is 0 Å². The van der Waals surface area contributed by atoms with E-state index in [0.717, 1.165) is 12.8 Å². The van der Waals surface area contributed by atoms with E-state index in [1.165, 1.54) is 0 Å². The summed E-state index contributed by atoms with van der Waals surface area (Å²) in [6.07, 6.45) is 8.05. The molecule has 58 valence electrons. The quantitative estimate of drug-likeness (QED) is 0.547. The fourth-order valence-electron chi connectivity index (χ4n) is 2.19. The molecule has 2 aliphatic carbocycles. The number of allylic oxidation sites excluding steroid dienone is 3. The van der Waals surface area contributed by atoms with Gasteiger partial charge in [0.25, 0.3) is 0 Å². The number of Topliss-reactive ketones (excluding diaryl/α,β-unsaturated/α-hetero) is 1. The molecule has 2 bridgehead atoms. The number of fused-ring (bicyclic) bond motifs is 2. The molecule has 0 N–H and O–H groups in total. The third kappa shape index (κ3) is 0.873. The Labute approximate surface area is 66.8 Å². The summed E-state index contributed by atoms with van der Waals surface area (Å²) in [5, 5.41) is 0. The summed E-state index contributed by atoms with van der Waals surface area (Å²) in [6, 6.07) is 0. The van der Waals surface area contributed by atoms with Crippen molar-refractivity contribution in [2.45, 2.75) is 12.8 Å². The highest BCUT2D eigenvalue weighted by Crippen LogP contribution is 2.42. The summed E-state index contributed by atoms with van der Waals surface area (Å²) in [5.41, 5.74) is 0. The van der Waals surface area contributed by atoms with Crippen LogP contribution in [0.3, 0.4) is 0 Å². The van der Waals surface area contributed by atoms with Gasteiger partial charge in [-0.15, -0.1) is 6.58 Å². The van der Waals surface area contributed by atoms with E-state index in [2.05, 4.69) is 18.7 Å². The van der Waals surface area contributed by atoms with E-state index < -0.39 is 0 Å². The van der Waals surface area contributed by atoms with Gasteiger partial charge in [-0.1, -0.05) is 18.2 Å². The molecule has 0 aromatic rings. The molecule has 0 aliphatic heterocycles. The summed E-state index contributed by atoms with van der Waals surface area (Å²) < 4.78 is 0. The number of carbonyl (C=O) groups excluding carboxylic acids is 1. The number of hydrogen-bond donors (Lipinski definition) is 0. The molecule has 3 atom stereocenters. The summed E-state index contributed by atoms with van der Waals surface area (Å²) in [5.74, 6) is 1.50. The van der Waals surface area contributed by atoms with Crippen LogP contribution in [0.4, 0.5) is 0 Å². The van der Waals surface area contributed by atoms with Crippen LogP contribution in [0.1, 0.15) is 12.8 Å². The molecule has 1 fully saturated rings. The predicted octanol–water partition coefficient (Wildman–Crippen LogP) is 1.95. The Morgan fingerprint density at radius 1 is 1.64 bits per heavy atom. The van der Waals surface area contributed by atoms with Crippen molar-refractivity contribution in [2.24, 2.45) is 17.8 Å². The lowest BCUT2D eigenvalue weighted by molar-refractivity contribution is -0.123. The molecule has 0 aromatic heterocycles. The van der Waals surface area contributed by atoms with Gasteiger partial charge in [0.2, 0.25) is 0 Å². The minimum absolute atomic E-state index is 0.255. The second-order valence-corrected chi connectivity index (χ2v) is 3.42. The van der Waals surface area contributed by atoms with Gasteiger partial charge < -0.3 is 0 Å². The van der Waals surface area contributed by atoms with Crippen LogP contribution in [0.15, 0.2) is 24.8 Å². The van der Waals surface area contributed by atoms with Crippen LogP contribution >= 0.6 is 0 Å². The van der Waals surface area contributed by atoms with Crippen LogP contribution in [0, 0.1) is 17.8 Å². The summed E-state index contributed by atoms with van der Waals surface area (Å²) in [7, 11) is 0. The number of rotatable bonds is 2. The van der Waals surface area contributed by atoms with Crippen LogP contribution in [-0.4, -0.2) is 5.78 Å². The van der Waals surface area contributed by atoms with E-state index in [1.807, 2.05) is 6.08 Å². The molecule has 0 radical (unpaired) electrons. The van der Waals surface area contributed by atoms with E-state index in [1.54, 1.807) is 0 Å². The first-order chi connectivity index (χ1) is 5.33. The van der Waals surface area contributed by atoms with Crippen molar-refractivity contribution in [1.82, 2.24) is 0 Å². The molecule has 2 aliphatic rings. The fraction of sp³-hybridized carbons (Fsp3) is 0.500. The van der Waals surface area contributed by atoms with Gasteiger partial charge in [-0.05, 0) is 18.8 Å². The second kappa shape index (κ2) is 2.33. The average molecular weight is 148 g/mol. The predicted molar refractivity (Wildman–Crippen MR) is 44.0 cm³/mol. The lowest BCUT2D eigenvalue weighted by Crippen LogP contribution is -2.17. The van der Waals surface area contributed by atoms with E-state index in [-0.39, 0.29) is 11.8 Å². The monoisotopic (exact) mass is 148 g/mol. The Morgan fingerprint density at radius 3 is 3.00 bits per heavy atom. The minimum Gasteiger partial charge on any atom is -0.299 e. The minimum atomic E-state index is 0.255. The van der Waals surface area contributed by atoms with Gasteiger partial charge in [0.1, 0.15) is 5.78 Å². The van der Waals surface area contributed by atoms with Crippen LogP contribution < -0.4 is 0 Å². The molecule has 0 aromatic carbocycles. The van der Waals surface area contributed by atoms with Crippen molar-refractivity contribution in [3.05, 3.63) is 24.8 Å². The van der Waals surface area contributed by atoms with Crippen LogP contribution in [0.5, 0.6) is 0 Å². The van der Waals surface area contributed by atoms with Gasteiger partial charge in [0.05, 0.1) is 0 Å². The fourth-order valence-corrected chi connectivity index (χ4v) is 2.19. The van der Waals surface area contributed by atoms with E-state index in [9.17, 15) is 4.79 Å². The largest absolute Gasteiger partial charge is 0.299 e. The highest BCUT2D eigenvalue weighted by Gasteiger charge is 2.42. The van der Waals surface area contributed by atoms with E-state index >= 15 is 0 Å². The Morgan fingerprint density at radius 2 is 2.45 bits per heavy atom. The first-order valence-corrected chi connectivity index (χ1v) is 4.16. The van der Waals surface area contributed by atoms with Crippen molar-refractivity contribution >= 4 is 5.78 Å². The molecular formula is C10H12O. The maximum absolute atomic E-state index is 11.5. The lowest BCUT2D eigenvalue weighted by Gasteiger charge is -2.13. The Kier molecular flexibility index (Phi) is 1.45. The molecule has 0 spiro atoms. The molecule has 0 heterocycles. The van der Waals surface area contributed by atoms with Gasteiger partial charge in [0.15, 0.2) is 0 Å². The smallest absolute Gasteiger partial charge is 0.143 e. The third-order valence-electron chi connectivity index (χ3n) is 2.79. The van der Waals surface area contributed by atoms with Gasteiger partial charge in [-0.3, -0.25) is 4.79 Å². The Balaban J connectivity index is 2.18. The Hall–Kier alpha value is -0.850. The number of ketones is 1. The van der Waals surface area contributed by atoms with Crippen LogP contribution in [-0.2, 0) is 4.79 Å². The molecule has 0 saturated heterocycles. The van der Waals surface area contributed by atoms with Gasteiger partial charge >= 0.3 is 0 Å². The number of carbonyl (C=O) groups is 1. The zero-order valence-corrected chi connectivity index (χ0v) is 6.49. The van der Waals surface area contributed by atoms with Crippen LogP contribution in [0.2, 0.25) is 0 Å². The molecule has 1 nitrogen and oxygen atoms in total. The zero-order valence-electron chi connectivity index (χ0n) is 6.49. The molecule has 0 unspecified atom stereocenters. The Bertz CT molecular complexity index is 227. The highest BCUT2D eigenvalue weighted by molar-refractivity contribution is 5.89. The molecule has 1 heteroatoms. The van der Waals surface area contributed by atoms with Crippen molar-refractivity contribution in [3.63, 3.8) is 0 Å². The van der Waals surface area contributed by atoms with Crippen molar-refractivity contribution < 1.29 is 4.79 Å². The number of hydrogen-bond acceptors (Lipinski definition) is 1. The first-order valence-electron chi connectivity index (χ1n) is 4.16. The summed E-state index contributed by atoms with van der Waals surface area (Å²) in [4.78, 5) is 11.5. The van der Waals surface area contributed by atoms with E-state index in [0.29, 0.717) is 11.7 Å². The maximum atomic E-state index is 11.5. The second-order valence-electron chi connectivity index (χ2n) is 3.42. The SMILES string of the molecule is C=CC[C@H]1C(=O)[C@H]2C=C[C@H]1C2. The normalized spacial score (nSPS) is 40.0. The molecule has 0 amide bonds. The maximum Gasteiger partial charge on any atom is 0.143 e. The van der Waals surface area contributed by atoms with Crippen molar-refractivity contribution in [2.75, 3.05) is 0 Å². The van der Waals surface area contributed by atoms with Gasteiger partial charge in [-0.2, -0.15) is 0 Å². The lowest BCUT2D eigenvalue weighted by atomic mass is 9.90. The topological polar surface area (TPSA) is 17.1 Å². The zero-order chi connectivity index (χ0) is 7.84. The van der Waals surface area contributed by atoms with Crippen LogP contribution in [0.25, 0.3) is 0 Å². The molecular weight excluding hydrogens is 136 g/mol. The van der Waals surface area contributed by atoms with E-state index in [4.69, 9.17) is 0 Å². The standard InChI is InChI=1S/C10H12O/c1-2-3-9-7-4-5-8(6-7)10(9)11/h2,4-5,7-9H,1,3,6H2/t7-,8-,9+/m0/s1. The van der Waals surface area contributed by atoms with Gasteiger partial charge in [-0.25, -0.2) is 0 Å². The van der Waals surface area contributed by atoms with Crippen molar-refractivity contribution in [1.29, 1.82) is 0 Å². The summed E-state index contributed by atoms with van der Waals surface area (Å²) >= 11 is 0. The van der Waals surface area contributed by atoms with Gasteiger partial charge in [0, 0.05) is 11.8 Å². The third-order valence-corrected chi connectivity index (χ3v) is 2.79. The average Bonchev–Trinajstić information content (AvgIpc) is 2.54. The highest BCUT2D eigenvalue weighted by atomic mass is 16.1. The summed E-state index contributed by atoms with van der Waals surface area (Å²) in [6.45, 7) is 3.67. The molecule has 2 rings (SSSR count). The molecule has 1 saturated carbocycles.